The largest absolute Gasteiger partial charge is 0.416 e. The first-order chi connectivity index (χ1) is 7.21. The summed E-state index contributed by atoms with van der Waals surface area (Å²) >= 11 is 2.95. The van der Waals surface area contributed by atoms with Crippen molar-refractivity contribution in [2.75, 3.05) is 0 Å². The summed E-state index contributed by atoms with van der Waals surface area (Å²) in [4.78, 5) is 10.4. The summed E-state index contributed by atoms with van der Waals surface area (Å²) in [6.45, 7) is 1.31. The number of halogens is 4. The number of nitrogens with two attached hydrogens (primary N) is 1. The van der Waals surface area contributed by atoms with Crippen molar-refractivity contribution < 1.29 is 22.7 Å². The van der Waals surface area contributed by atoms with Crippen LogP contribution in [0.5, 0.6) is 5.75 Å². The Morgan fingerprint density at radius 2 is 2.00 bits per heavy atom. The van der Waals surface area contributed by atoms with E-state index in [1.807, 2.05) is 0 Å². The van der Waals surface area contributed by atoms with E-state index in [0.29, 0.717) is 0 Å². The molecule has 2 N–H and O–H groups in total. The lowest BCUT2D eigenvalue weighted by Crippen LogP contribution is -2.17. The van der Waals surface area contributed by atoms with Crippen molar-refractivity contribution >= 4 is 22.0 Å². The minimum Gasteiger partial charge on any atom is -0.410 e. The van der Waals surface area contributed by atoms with E-state index >= 15 is 0 Å². The maximum absolute atomic E-state index is 12.6. The second-order valence-electron chi connectivity index (χ2n) is 3.00. The highest BCUT2D eigenvalue weighted by molar-refractivity contribution is 9.10. The lowest BCUT2D eigenvalue weighted by molar-refractivity contribution is -0.138. The lowest BCUT2D eigenvalue weighted by atomic mass is 10.1. The average Bonchev–Trinajstić information content (AvgIpc) is 2.08. The van der Waals surface area contributed by atoms with Crippen LogP contribution in [0.2, 0.25) is 0 Å². The maximum Gasteiger partial charge on any atom is 0.416 e. The van der Waals surface area contributed by atoms with Gasteiger partial charge in [-0.25, -0.2) is 4.79 Å². The molecule has 0 spiro atoms. The fourth-order valence-electron chi connectivity index (χ4n) is 1.12. The van der Waals surface area contributed by atoms with E-state index in [-0.39, 0.29) is 15.8 Å². The van der Waals surface area contributed by atoms with E-state index in [0.717, 1.165) is 6.07 Å². The molecule has 0 radical (unpaired) electrons. The summed E-state index contributed by atoms with van der Waals surface area (Å²) in [5.74, 6) is -0.252. The summed E-state index contributed by atoms with van der Waals surface area (Å²) in [7, 11) is 0. The highest BCUT2D eigenvalue weighted by atomic mass is 79.9. The highest BCUT2D eigenvalue weighted by Crippen LogP contribution is 2.37. The molecule has 1 rings (SSSR count). The van der Waals surface area contributed by atoms with E-state index in [4.69, 9.17) is 5.73 Å². The Morgan fingerprint density at radius 3 is 2.44 bits per heavy atom. The van der Waals surface area contributed by atoms with Crippen LogP contribution >= 0.6 is 15.9 Å². The monoisotopic (exact) mass is 297 g/mol. The fraction of sp³-hybridized carbons (Fsp3) is 0.222. The number of ether oxygens (including phenoxy) is 1. The predicted molar refractivity (Wildman–Crippen MR) is 54.1 cm³/mol. The predicted octanol–water partition coefficient (Wildman–Crippen LogP) is 3.23. The smallest absolute Gasteiger partial charge is 0.410 e. The molecule has 0 saturated carbocycles. The molecule has 0 unspecified atom stereocenters. The van der Waals surface area contributed by atoms with Crippen LogP contribution in [0.1, 0.15) is 11.1 Å². The van der Waals surface area contributed by atoms with Gasteiger partial charge in [0.15, 0.2) is 0 Å². The van der Waals surface area contributed by atoms with Gasteiger partial charge < -0.3 is 10.5 Å². The quantitative estimate of drug-likeness (QED) is 0.865. The van der Waals surface area contributed by atoms with Crippen LogP contribution in [0.15, 0.2) is 16.6 Å². The molecule has 0 saturated heterocycles. The molecule has 0 aliphatic carbocycles. The number of benzene rings is 1. The molecular formula is C9H7BrF3NO2. The number of alkyl halides is 3. The summed E-state index contributed by atoms with van der Waals surface area (Å²) in [6, 6.07) is 1.97. The summed E-state index contributed by atoms with van der Waals surface area (Å²) in [6.07, 6.45) is -5.67. The van der Waals surface area contributed by atoms with Gasteiger partial charge in [0.25, 0.3) is 0 Å². The van der Waals surface area contributed by atoms with Crippen LogP contribution in [0, 0.1) is 6.92 Å². The van der Waals surface area contributed by atoms with Crippen molar-refractivity contribution in [3.05, 3.63) is 27.7 Å². The molecule has 1 aromatic rings. The molecule has 1 aromatic carbocycles. The van der Waals surface area contributed by atoms with Gasteiger partial charge in [-0.1, -0.05) is 15.9 Å². The number of primary amides is 1. The van der Waals surface area contributed by atoms with Crippen molar-refractivity contribution in [3.63, 3.8) is 0 Å². The Labute approximate surface area is 97.5 Å². The van der Waals surface area contributed by atoms with Crippen molar-refractivity contribution in [2.24, 2.45) is 5.73 Å². The van der Waals surface area contributed by atoms with Crippen LogP contribution in [0.25, 0.3) is 0 Å². The highest BCUT2D eigenvalue weighted by Gasteiger charge is 2.33. The molecule has 0 aliphatic heterocycles. The number of carbonyl (C=O) groups excluding carboxylic acids is 1. The maximum atomic E-state index is 12.6. The first kappa shape index (κ1) is 12.8. The third-order valence-electron chi connectivity index (χ3n) is 1.84. The van der Waals surface area contributed by atoms with Gasteiger partial charge in [0.1, 0.15) is 5.75 Å². The van der Waals surface area contributed by atoms with Crippen molar-refractivity contribution in [1.82, 2.24) is 0 Å². The minimum atomic E-state index is -4.51. The van der Waals surface area contributed by atoms with Crippen LogP contribution < -0.4 is 10.5 Å². The van der Waals surface area contributed by atoms with Gasteiger partial charge in [-0.2, -0.15) is 13.2 Å². The van der Waals surface area contributed by atoms with Gasteiger partial charge in [-0.15, -0.1) is 0 Å². The van der Waals surface area contributed by atoms with Crippen LogP contribution in [0.3, 0.4) is 0 Å². The molecule has 16 heavy (non-hydrogen) atoms. The summed E-state index contributed by atoms with van der Waals surface area (Å²) < 4.78 is 42.2. The Balaban J connectivity index is 3.28. The Morgan fingerprint density at radius 1 is 1.44 bits per heavy atom. The first-order valence-corrected chi connectivity index (χ1v) is 4.85. The molecule has 0 aromatic heterocycles. The zero-order chi connectivity index (χ0) is 12.5. The Hall–Kier alpha value is -1.24. The summed E-state index contributed by atoms with van der Waals surface area (Å²) in [5, 5.41) is 0. The van der Waals surface area contributed by atoms with Gasteiger partial charge in [0.2, 0.25) is 0 Å². The number of rotatable bonds is 1. The first-order valence-electron chi connectivity index (χ1n) is 4.06. The fourth-order valence-corrected chi connectivity index (χ4v) is 1.56. The van der Waals surface area contributed by atoms with Crippen molar-refractivity contribution in [2.45, 2.75) is 13.1 Å². The number of hydrogen-bond acceptors (Lipinski definition) is 2. The van der Waals surface area contributed by atoms with Gasteiger partial charge in [-0.05, 0) is 24.6 Å². The molecule has 0 atom stereocenters. The summed E-state index contributed by atoms with van der Waals surface area (Å²) in [5.41, 5.74) is 3.86. The Kier molecular flexibility index (Phi) is 3.47. The molecule has 0 aliphatic rings. The second kappa shape index (κ2) is 4.32. The van der Waals surface area contributed by atoms with Gasteiger partial charge in [0.05, 0.1) is 5.56 Å². The van der Waals surface area contributed by atoms with E-state index in [1.54, 1.807) is 0 Å². The molecule has 0 fully saturated rings. The third kappa shape index (κ3) is 2.88. The van der Waals surface area contributed by atoms with E-state index < -0.39 is 17.8 Å². The van der Waals surface area contributed by atoms with E-state index in [2.05, 4.69) is 20.7 Å². The zero-order valence-corrected chi connectivity index (χ0v) is 9.65. The van der Waals surface area contributed by atoms with Crippen LogP contribution in [-0.2, 0) is 6.18 Å². The molecular weight excluding hydrogens is 291 g/mol. The number of amides is 1. The van der Waals surface area contributed by atoms with Gasteiger partial charge in [-0.3, -0.25) is 0 Å². The van der Waals surface area contributed by atoms with Crippen molar-refractivity contribution in [1.29, 1.82) is 0 Å². The normalized spacial score (nSPS) is 11.3. The zero-order valence-electron chi connectivity index (χ0n) is 8.06. The minimum absolute atomic E-state index is 0.0179. The molecule has 0 heterocycles. The molecule has 7 heteroatoms. The lowest BCUT2D eigenvalue weighted by Gasteiger charge is -2.13. The standard InChI is InChI=1S/C9H7BrF3NO2/c1-4-6(9(11,12)13)2-5(3-7(4)10)16-8(14)15/h2-3H,1H3,(H2,14,15). The van der Waals surface area contributed by atoms with Gasteiger partial charge >= 0.3 is 12.3 Å². The molecule has 3 nitrogen and oxygen atoms in total. The van der Waals surface area contributed by atoms with E-state index in [9.17, 15) is 18.0 Å². The average molecular weight is 298 g/mol. The number of hydrogen-bond donors (Lipinski definition) is 1. The van der Waals surface area contributed by atoms with Crippen molar-refractivity contribution in [3.8, 4) is 5.75 Å². The molecule has 0 bridgehead atoms. The van der Waals surface area contributed by atoms with Gasteiger partial charge in [0, 0.05) is 4.47 Å². The van der Waals surface area contributed by atoms with E-state index in [1.165, 1.54) is 13.0 Å². The second-order valence-corrected chi connectivity index (χ2v) is 3.85. The SMILES string of the molecule is Cc1c(Br)cc(OC(N)=O)cc1C(F)(F)F. The number of carbonyl (C=O) groups is 1. The van der Waals surface area contributed by atoms with Crippen LogP contribution in [-0.4, -0.2) is 6.09 Å². The molecule has 88 valence electrons. The van der Waals surface area contributed by atoms with Crippen LogP contribution in [0.4, 0.5) is 18.0 Å². The molecule has 1 amide bonds. The topological polar surface area (TPSA) is 52.3 Å². The Bertz CT molecular complexity index is 431. The third-order valence-corrected chi connectivity index (χ3v) is 2.67.